The molecule has 4 heteroatoms. The van der Waals surface area contributed by atoms with Gasteiger partial charge in [-0.25, -0.2) is 0 Å². The SMILES string of the molecule is CCC1CCCCCN1C(=O)c1ccncc1Cl. The molecule has 2 rings (SSSR count). The van der Waals surface area contributed by atoms with Crippen LogP contribution in [-0.2, 0) is 0 Å². The van der Waals surface area contributed by atoms with Crippen LogP contribution in [0.15, 0.2) is 18.5 Å². The lowest BCUT2D eigenvalue weighted by atomic mass is 10.1. The van der Waals surface area contributed by atoms with Gasteiger partial charge >= 0.3 is 0 Å². The average molecular weight is 267 g/mol. The second-order valence-electron chi connectivity index (χ2n) is 4.77. The van der Waals surface area contributed by atoms with E-state index in [0.717, 1.165) is 25.8 Å². The zero-order chi connectivity index (χ0) is 13.0. The van der Waals surface area contributed by atoms with Gasteiger partial charge in [0.25, 0.3) is 5.91 Å². The van der Waals surface area contributed by atoms with E-state index >= 15 is 0 Å². The molecule has 3 nitrogen and oxygen atoms in total. The summed E-state index contributed by atoms with van der Waals surface area (Å²) in [4.78, 5) is 18.5. The fraction of sp³-hybridized carbons (Fsp3) is 0.571. The lowest BCUT2D eigenvalue weighted by Crippen LogP contribution is -2.39. The number of rotatable bonds is 2. The molecule has 18 heavy (non-hydrogen) atoms. The summed E-state index contributed by atoms with van der Waals surface area (Å²) in [5, 5.41) is 0.446. The summed E-state index contributed by atoms with van der Waals surface area (Å²) in [6.45, 7) is 2.99. The molecular weight excluding hydrogens is 248 g/mol. The monoisotopic (exact) mass is 266 g/mol. The van der Waals surface area contributed by atoms with Crippen LogP contribution in [0.1, 0.15) is 49.4 Å². The van der Waals surface area contributed by atoms with Crippen LogP contribution in [0.5, 0.6) is 0 Å². The minimum atomic E-state index is 0.0520. The Morgan fingerprint density at radius 3 is 3.06 bits per heavy atom. The summed E-state index contributed by atoms with van der Waals surface area (Å²) in [5.74, 6) is 0.0520. The molecule has 1 aromatic heterocycles. The van der Waals surface area contributed by atoms with E-state index in [1.165, 1.54) is 19.0 Å². The van der Waals surface area contributed by atoms with Gasteiger partial charge in [-0.15, -0.1) is 0 Å². The maximum Gasteiger partial charge on any atom is 0.255 e. The van der Waals surface area contributed by atoms with Crippen LogP contribution < -0.4 is 0 Å². The first kappa shape index (κ1) is 13.3. The number of aromatic nitrogens is 1. The average Bonchev–Trinajstić information content (AvgIpc) is 2.63. The largest absolute Gasteiger partial charge is 0.336 e. The number of amides is 1. The molecule has 0 aliphatic carbocycles. The van der Waals surface area contributed by atoms with Crippen LogP contribution in [-0.4, -0.2) is 28.4 Å². The molecule has 1 atom stereocenters. The highest BCUT2D eigenvalue weighted by atomic mass is 35.5. The van der Waals surface area contributed by atoms with Crippen molar-refractivity contribution >= 4 is 17.5 Å². The number of hydrogen-bond donors (Lipinski definition) is 0. The fourth-order valence-corrected chi connectivity index (χ4v) is 2.77. The van der Waals surface area contributed by atoms with Gasteiger partial charge in [0, 0.05) is 25.0 Å². The minimum absolute atomic E-state index is 0.0520. The quantitative estimate of drug-likeness (QED) is 0.820. The molecule has 1 amide bonds. The van der Waals surface area contributed by atoms with Crippen molar-refractivity contribution in [2.45, 2.75) is 45.1 Å². The summed E-state index contributed by atoms with van der Waals surface area (Å²) in [6, 6.07) is 2.06. The Kier molecular flexibility index (Phi) is 4.59. The molecule has 1 aliphatic heterocycles. The highest BCUT2D eigenvalue weighted by Crippen LogP contribution is 2.23. The van der Waals surface area contributed by atoms with E-state index < -0.39 is 0 Å². The highest BCUT2D eigenvalue weighted by molar-refractivity contribution is 6.33. The number of likely N-dealkylation sites (tertiary alicyclic amines) is 1. The predicted octanol–water partition coefficient (Wildman–Crippen LogP) is 3.53. The number of carbonyl (C=O) groups is 1. The van der Waals surface area contributed by atoms with Gasteiger partial charge in [0.05, 0.1) is 10.6 Å². The van der Waals surface area contributed by atoms with Crippen LogP contribution in [0.2, 0.25) is 5.02 Å². The molecule has 1 unspecified atom stereocenters. The molecule has 0 bridgehead atoms. The second kappa shape index (κ2) is 6.19. The van der Waals surface area contributed by atoms with E-state index in [2.05, 4.69) is 11.9 Å². The van der Waals surface area contributed by atoms with Crippen LogP contribution in [0.4, 0.5) is 0 Å². The number of nitrogens with zero attached hydrogens (tertiary/aromatic N) is 2. The lowest BCUT2D eigenvalue weighted by molar-refractivity contribution is 0.0678. The summed E-state index contributed by atoms with van der Waals surface area (Å²) in [6.07, 6.45) is 8.78. The lowest BCUT2D eigenvalue weighted by Gasteiger charge is -2.29. The van der Waals surface area contributed by atoms with E-state index in [0.29, 0.717) is 16.6 Å². The van der Waals surface area contributed by atoms with E-state index in [1.54, 1.807) is 12.3 Å². The van der Waals surface area contributed by atoms with Gasteiger partial charge < -0.3 is 4.90 Å². The first-order chi connectivity index (χ1) is 8.74. The highest BCUT2D eigenvalue weighted by Gasteiger charge is 2.26. The minimum Gasteiger partial charge on any atom is -0.336 e. The van der Waals surface area contributed by atoms with E-state index in [1.807, 2.05) is 4.90 Å². The Morgan fingerprint density at radius 2 is 2.33 bits per heavy atom. The number of pyridine rings is 1. The number of hydrogen-bond acceptors (Lipinski definition) is 2. The third-order valence-corrected chi connectivity index (χ3v) is 3.91. The first-order valence-corrected chi connectivity index (χ1v) is 7.02. The molecule has 1 aromatic rings. The summed E-state index contributed by atoms with van der Waals surface area (Å²) < 4.78 is 0. The van der Waals surface area contributed by atoms with Crippen LogP contribution in [0.25, 0.3) is 0 Å². The fourth-order valence-electron chi connectivity index (χ4n) is 2.57. The zero-order valence-electron chi connectivity index (χ0n) is 10.7. The Labute approximate surface area is 113 Å². The molecular formula is C14H19ClN2O. The Hall–Kier alpha value is -1.09. The molecule has 0 saturated carbocycles. The van der Waals surface area contributed by atoms with Gasteiger partial charge in [0.2, 0.25) is 0 Å². The van der Waals surface area contributed by atoms with Crippen molar-refractivity contribution < 1.29 is 4.79 Å². The summed E-state index contributed by atoms with van der Waals surface area (Å²) in [7, 11) is 0. The first-order valence-electron chi connectivity index (χ1n) is 6.64. The molecule has 98 valence electrons. The summed E-state index contributed by atoms with van der Waals surface area (Å²) >= 11 is 6.06. The topological polar surface area (TPSA) is 33.2 Å². The zero-order valence-corrected chi connectivity index (χ0v) is 11.5. The van der Waals surface area contributed by atoms with Crippen LogP contribution in [0.3, 0.4) is 0 Å². The van der Waals surface area contributed by atoms with E-state index in [-0.39, 0.29) is 5.91 Å². The third-order valence-electron chi connectivity index (χ3n) is 3.61. The van der Waals surface area contributed by atoms with Crippen LogP contribution in [0, 0.1) is 0 Å². The Morgan fingerprint density at radius 1 is 1.50 bits per heavy atom. The van der Waals surface area contributed by atoms with Gasteiger partial charge in [0.15, 0.2) is 0 Å². The maximum atomic E-state index is 12.6. The summed E-state index contributed by atoms with van der Waals surface area (Å²) in [5.41, 5.74) is 0.576. The molecule has 0 N–H and O–H groups in total. The van der Waals surface area contributed by atoms with Gasteiger partial charge in [-0.05, 0) is 25.3 Å². The molecule has 1 aliphatic rings. The third kappa shape index (κ3) is 2.83. The van der Waals surface area contributed by atoms with Gasteiger partial charge in [-0.1, -0.05) is 31.4 Å². The van der Waals surface area contributed by atoms with Crippen molar-refractivity contribution in [3.05, 3.63) is 29.0 Å². The van der Waals surface area contributed by atoms with Crippen molar-refractivity contribution in [2.75, 3.05) is 6.54 Å². The number of carbonyl (C=O) groups excluding carboxylic acids is 1. The molecule has 0 spiro atoms. The molecule has 1 saturated heterocycles. The van der Waals surface area contributed by atoms with Crippen molar-refractivity contribution in [1.82, 2.24) is 9.88 Å². The molecule has 2 heterocycles. The van der Waals surface area contributed by atoms with Crippen molar-refractivity contribution in [2.24, 2.45) is 0 Å². The smallest absolute Gasteiger partial charge is 0.255 e. The van der Waals surface area contributed by atoms with E-state index in [9.17, 15) is 4.79 Å². The maximum absolute atomic E-state index is 12.6. The number of halogens is 1. The normalized spacial score (nSPS) is 20.6. The predicted molar refractivity (Wildman–Crippen MR) is 72.8 cm³/mol. The van der Waals surface area contributed by atoms with Crippen molar-refractivity contribution in [3.8, 4) is 0 Å². The van der Waals surface area contributed by atoms with Gasteiger partial charge in [-0.2, -0.15) is 0 Å². The molecule has 1 fully saturated rings. The Bertz CT molecular complexity index is 422. The van der Waals surface area contributed by atoms with Crippen LogP contribution >= 0.6 is 11.6 Å². The van der Waals surface area contributed by atoms with Crippen molar-refractivity contribution in [1.29, 1.82) is 0 Å². The second-order valence-corrected chi connectivity index (χ2v) is 5.17. The van der Waals surface area contributed by atoms with Gasteiger partial charge in [-0.3, -0.25) is 9.78 Å². The molecule has 0 aromatic carbocycles. The van der Waals surface area contributed by atoms with Crippen molar-refractivity contribution in [3.63, 3.8) is 0 Å². The molecule has 0 radical (unpaired) electrons. The van der Waals surface area contributed by atoms with Gasteiger partial charge in [0.1, 0.15) is 0 Å². The standard InChI is InChI=1S/C14H19ClN2O/c1-2-11-6-4-3-5-9-17(11)14(18)12-7-8-16-10-13(12)15/h7-8,10-11H,2-6,9H2,1H3. The van der Waals surface area contributed by atoms with E-state index in [4.69, 9.17) is 11.6 Å². The Balaban J connectivity index is 2.23.